The van der Waals surface area contributed by atoms with Crippen LogP contribution in [0.25, 0.3) is 10.9 Å². The maximum absolute atomic E-state index is 11.5. The lowest BCUT2D eigenvalue weighted by Gasteiger charge is -2.05. The third-order valence-corrected chi connectivity index (χ3v) is 2.89. The molecule has 1 N–H and O–H groups in total. The molecule has 0 saturated carbocycles. The van der Waals surface area contributed by atoms with Crippen LogP contribution in [-0.2, 0) is 11.3 Å². The van der Waals surface area contributed by atoms with E-state index in [9.17, 15) is 4.79 Å². The minimum Gasteiger partial charge on any atom is -0.352 e. The number of hydrogen-bond acceptors (Lipinski definition) is 2. The summed E-state index contributed by atoms with van der Waals surface area (Å²) in [6.45, 7) is 2.64. The zero-order valence-corrected chi connectivity index (χ0v) is 10.6. The van der Waals surface area contributed by atoms with E-state index in [0.717, 1.165) is 29.3 Å². The molecule has 0 aliphatic carbocycles. The van der Waals surface area contributed by atoms with Gasteiger partial charge in [0.2, 0.25) is 5.91 Å². The minimum absolute atomic E-state index is 0.116. The van der Waals surface area contributed by atoms with Crippen LogP contribution < -0.4 is 5.32 Å². The largest absolute Gasteiger partial charge is 0.352 e. The van der Waals surface area contributed by atoms with Gasteiger partial charge in [0.05, 0.1) is 5.52 Å². The Bertz CT molecular complexity index is 537. The highest BCUT2D eigenvalue weighted by Crippen LogP contribution is 2.12. The van der Waals surface area contributed by atoms with Gasteiger partial charge in [-0.05, 0) is 24.1 Å². The van der Waals surface area contributed by atoms with Crippen LogP contribution in [0.5, 0.6) is 0 Å². The van der Waals surface area contributed by atoms with Crippen molar-refractivity contribution in [1.29, 1.82) is 0 Å². The normalized spacial score (nSPS) is 10.5. The molecule has 0 saturated heterocycles. The number of aromatic nitrogens is 1. The molecule has 1 aromatic heterocycles. The number of unbranched alkanes of at least 4 members (excludes halogenated alkanes) is 1. The summed E-state index contributed by atoms with van der Waals surface area (Å²) in [4.78, 5) is 15.9. The fraction of sp³-hybridized carbons (Fsp3) is 0.333. The van der Waals surface area contributed by atoms with Crippen molar-refractivity contribution in [2.45, 2.75) is 32.7 Å². The van der Waals surface area contributed by atoms with Gasteiger partial charge in [0.15, 0.2) is 0 Å². The average Bonchev–Trinajstić information content (AvgIpc) is 2.42. The van der Waals surface area contributed by atoms with E-state index in [1.807, 2.05) is 30.5 Å². The van der Waals surface area contributed by atoms with Crippen molar-refractivity contribution in [1.82, 2.24) is 10.3 Å². The molecule has 0 unspecified atom stereocenters. The molecule has 94 valence electrons. The summed E-state index contributed by atoms with van der Waals surface area (Å²) in [5.74, 6) is 0.116. The molecule has 2 rings (SSSR count). The van der Waals surface area contributed by atoms with Gasteiger partial charge < -0.3 is 5.32 Å². The van der Waals surface area contributed by atoms with Gasteiger partial charge in [-0.25, -0.2) is 0 Å². The molecule has 2 aromatic rings. The zero-order valence-electron chi connectivity index (χ0n) is 10.6. The maximum atomic E-state index is 11.5. The molecule has 0 spiro atoms. The van der Waals surface area contributed by atoms with Gasteiger partial charge in [0, 0.05) is 24.5 Å². The molecule has 0 bridgehead atoms. The summed E-state index contributed by atoms with van der Waals surface area (Å²) >= 11 is 0. The molecule has 0 aliphatic rings. The van der Waals surface area contributed by atoms with Gasteiger partial charge in [-0.2, -0.15) is 0 Å². The first-order valence-corrected chi connectivity index (χ1v) is 6.40. The Labute approximate surface area is 107 Å². The molecular formula is C15H18N2O. The fourth-order valence-electron chi connectivity index (χ4n) is 1.84. The first-order chi connectivity index (χ1) is 8.79. The molecule has 0 fully saturated rings. The maximum Gasteiger partial charge on any atom is 0.220 e. The lowest BCUT2D eigenvalue weighted by molar-refractivity contribution is -0.121. The number of carbonyl (C=O) groups excluding carboxylic acids is 1. The summed E-state index contributed by atoms with van der Waals surface area (Å²) in [6.07, 6.45) is 4.42. The topological polar surface area (TPSA) is 42.0 Å². The number of rotatable bonds is 5. The summed E-state index contributed by atoms with van der Waals surface area (Å²) < 4.78 is 0. The number of para-hydroxylation sites is 1. The van der Waals surface area contributed by atoms with Crippen LogP contribution in [-0.4, -0.2) is 10.9 Å². The molecule has 0 radical (unpaired) electrons. The number of nitrogens with zero attached hydrogens (tertiary/aromatic N) is 1. The van der Waals surface area contributed by atoms with E-state index in [1.165, 1.54) is 0 Å². The molecule has 3 heteroatoms. The number of nitrogens with one attached hydrogen (secondary N) is 1. The Hall–Kier alpha value is -1.90. The van der Waals surface area contributed by atoms with Gasteiger partial charge in [0.1, 0.15) is 0 Å². The van der Waals surface area contributed by atoms with Crippen molar-refractivity contribution in [2.75, 3.05) is 0 Å². The van der Waals surface area contributed by atoms with Gasteiger partial charge in [-0.15, -0.1) is 0 Å². The zero-order chi connectivity index (χ0) is 12.8. The van der Waals surface area contributed by atoms with E-state index in [4.69, 9.17) is 0 Å². The molecule has 0 aliphatic heterocycles. The molecule has 1 aromatic carbocycles. The minimum atomic E-state index is 0.116. The van der Waals surface area contributed by atoms with Crippen LogP contribution in [0.2, 0.25) is 0 Å². The number of amides is 1. The van der Waals surface area contributed by atoms with Crippen LogP contribution in [0.1, 0.15) is 31.7 Å². The Morgan fingerprint density at radius 2 is 2.17 bits per heavy atom. The van der Waals surface area contributed by atoms with Gasteiger partial charge in [-0.3, -0.25) is 9.78 Å². The second-order valence-corrected chi connectivity index (χ2v) is 4.42. The average molecular weight is 242 g/mol. The first kappa shape index (κ1) is 12.6. The number of hydrogen-bond donors (Lipinski definition) is 1. The van der Waals surface area contributed by atoms with Crippen molar-refractivity contribution >= 4 is 16.8 Å². The van der Waals surface area contributed by atoms with Crippen molar-refractivity contribution in [3.05, 3.63) is 42.1 Å². The molecule has 3 nitrogen and oxygen atoms in total. The van der Waals surface area contributed by atoms with E-state index >= 15 is 0 Å². The van der Waals surface area contributed by atoms with Crippen molar-refractivity contribution in [3.8, 4) is 0 Å². The lowest BCUT2D eigenvalue weighted by atomic mass is 10.1. The Balaban J connectivity index is 1.97. The van der Waals surface area contributed by atoms with Gasteiger partial charge >= 0.3 is 0 Å². The second-order valence-electron chi connectivity index (χ2n) is 4.42. The quantitative estimate of drug-likeness (QED) is 0.875. The number of carbonyl (C=O) groups is 1. The number of fused-ring (bicyclic) bond motifs is 1. The van der Waals surface area contributed by atoms with E-state index in [1.54, 1.807) is 0 Å². The molecular weight excluding hydrogens is 224 g/mol. The van der Waals surface area contributed by atoms with Crippen molar-refractivity contribution in [2.24, 2.45) is 0 Å². The van der Waals surface area contributed by atoms with Crippen LogP contribution >= 0.6 is 0 Å². The summed E-state index contributed by atoms with van der Waals surface area (Å²) in [7, 11) is 0. The number of benzene rings is 1. The molecule has 18 heavy (non-hydrogen) atoms. The Morgan fingerprint density at radius 3 is 3.00 bits per heavy atom. The monoisotopic (exact) mass is 242 g/mol. The van der Waals surface area contributed by atoms with Gasteiger partial charge in [0.25, 0.3) is 0 Å². The highest BCUT2D eigenvalue weighted by molar-refractivity contribution is 5.79. The van der Waals surface area contributed by atoms with Crippen LogP contribution in [0.3, 0.4) is 0 Å². The lowest BCUT2D eigenvalue weighted by Crippen LogP contribution is -2.22. The van der Waals surface area contributed by atoms with Crippen molar-refractivity contribution in [3.63, 3.8) is 0 Å². The van der Waals surface area contributed by atoms with E-state index in [-0.39, 0.29) is 5.91 Å². The Kier molecular flexibility index (Phi) is 4.29. The van der Waals surface area contributed by atoms with Crippen LogP contribution in [0.15, 0.2) is 36.5 Å². The molecule has 1 amide bonds. The molecule has 1 heterocycles. The smallest absolute Gasteiger partial charge is 0.220 e. The predicted molar refractivity (Wildman–Crippen MR) is 73.1 cm³/mol. The summed E-state index contributed by atoms with van der Waals surface area (Å²) in [5.41, 5.74) is 2.03. The summed E-state index contributed by atoms with van der Waals surface area (Å²) in [6, 6.07) is 10.1. The Morgan fingerprint density at radius 1 is 1.33 bits per heavy atom. The second kappa shape index (κ2) is 6.15. The molecule has 0 atom stereocenters. The first-order valence-electron chi connectivity index (χ1n) is 6.40. The SMILES string of the molecule is CCCCC(=O)NCc1cnc2ccccc2c1. The standard InChI is InChI=1S/C15H18N2O/c1-2-3-8-15(18)17-11-12-9-13-6-4-5-7-14(13)16-10-12/h4-7,9-10H,2-3,8,11H2,1H3,(H,17,18). The van der Waals surface area contributed by atoms with E-state index in [0.29, 0.717) is 13.0 Å². The van der Waals surface area contributed by atoms with Crippen LogP contribution in [0.4, 0.5) is 0 Å². The fourth-order valence-corrected chi connectivity index (χ4v) is 1.84. The highest BCUT2D eigenvalue weighted by Gasteiger charge is 2.01. The van der Waals surface area contributed by atoms with Gasteiger partial charge in [-0.1, -0.05) is 31.5 Å². The summed E-state index contributed by atoms with van der Waals surface area (Å²) in [5, 5.41) is 4.03. The van der Waals surface area contributed by atoms with Crippen molar-refractivity contribution < 1.29 is 4.79 Å². The third-order valence-electron chi connectivity index (χ3n) is 2.89. The van der Waals surface area contributed by atoms with Crippen LogP contribution in [0, 0.1) is 0 Å². The van der Waals surface area contributed by atoms with E-state index in [2.05, 4.69) is 23.3 Å². The number of pyridine rings is 1. The third kappa shape index (κ3) is 3.29. The van der Waals surface area contributed by atoms with E-state index < -0.39 is 0 Å². The highest BCUT2D eigenvalue weighted by atomic mass is 16.1. The predicted octanol–water partition coefficient (Wildman–Crippen LogP) is 3.04.